The van der Waals surface area contributed by atoms with Crippen LogP contribution in [0.2, 0.25) is 0 Å². The van der Waals surface area contributed by atoms with Gasteiger partial charge in [-0.05, 0) is 17.9 Å². The summed E-state index contributed by atoms with van der Waals surface area (Å²) in [7, 11) is 0. The summed E-state index contributed by atoms with van der Waals surface area (Å²) in [6.45, 7) is 2.82. The summed E-state index contributed by atoms with van der Waals surface area (Å²) in [5.74, 6) is -0.192. The SMILES string of the molecule is CCCCCCCCCCCCN1C(=O)c2ccsc2C1=O. The van der Waals surface area contributed by atoms with Gasteiger partial charge in [0.05, 0.1) is 5.56 Å². The lowest BCUT2D eigenvalue weighted by molar-refractivity contribution is 0.0652. The molecule has 0 N–H and O–H groups in total. The van der Waals surface area contributed by atoms with Gasteiger partial charge in [0.1, 0.15) is 4.88 Å². The van der Waals surface area contributed by atoms with Gasteiger partial charge in [-0.15, -0.1) is 11.3 Å². The largest absolute Gasteiger partial charge is 0.274 e. The lowest BCUT2D eigenvalue weighted by Gasteiger charge is -2.13. The Hall–Kier alpha value is -1.16. The zero-order valence-electron chi connectivity index (χ0n) is 13.6. The standard InChI is InChI=1S/C18H27NO2S/c1-2-3-4-5-6-7-8-9-10-11-13-19-17(20)15-12-14-22-16(15)18(19)21/h12,14H,2-11,13H2,1H3. The van der Waals surface area contributed by atoms with Crippen molar-refractivity contribution >= 4 is 23.2 Å². The maximum Gasteiger partial charge on any atom is 0.271 e. The number of carbonyl (C=O) groups is 2. The zero-order chi connectivity index (χ0) is 15.8. The van der Waals surface area contributed by atoms with E-state index < -0.39 is 0 Å². The van der Waals surface area contributed by atoms with Crippen LogP contribution in [0.1, 0.15) is 91.2 Å². The summed E-state index contributed by atoms with van der Waals surface area (Å²) >= 11 is 1.37. The minimum atomic E-state index is -0.0998. The molecule has 4 heteroatoms. The summed E-state index contributed by atoms with van der Waals surface area (Å²) in [4.78, 5) is 26.2. The molecule has 0 fully saturated rings. The van der Waals surface area contributed by atoms with Gasteiger partial charge < -0.3 is 0 Å². The van der Waals surface area contributed by atoms with Crippen LogP contribution < -0.4 is 0 Å². The number of hydrogen-bond acceptors (Lipinski definition) is 3. The quantitative estimate of drug-likeness (QED) is 0.411. The molecular weight excluding hydrogens is 294 g/mol. The number of unbranched alkanes of at least 4 members (excludes halogenated alkanes) is 9. The molecule has 0 atom stereocenters. The van der Waals surface area contributed by atoms with Crippen LogP contribution in [0, 0.1) is 0 Å². The van der Waals surface area contributed by atoms with Crippen LogP contribution in [-0.2, 0) is 0 Å². The average Bonchev–Trinajstić information content (AvgIpc) is 3.08. The van der Waals surface area contributed by atoms with Crippen LogP contribution >= 0.6 is 11.3 Å². The minimum absolute atomic E-state index is 0.0917. The Bertz CT molecular complexity index is 465. The molecule has 0 spiro atoms. The molecule has 0 bridgehead atoms. The van der Waals surface area contributed by atoms with Gasteiger partial charge in [0.15, 0.2) is 0 Å². The van der Waals surface area contributed by atoms with Crippen molar-refractivity contribution < 1.29 is 9.59 Å². The summed E-state index contributed by atoms with van der Waals surface area (Å²) in [5.41, 5.74) is 0.599. The fourth-order valence-electron chi connectivity index (χ4n) is 2.96. The Morgan fingerprint density at radius 2 is 1.45 bits per heavy atom. The molecule has 0 saturated carbocycles. The monoisotopic (exact) mass is 321 g/mol. The molecule has 3 nitrogen and oxygen atoms in total. The van der Waals surface area contributed by atoms with Gasteiger partial charge in [0.2, 0.25) is 0 Å². The molecule has 2 rings (SSSR count). The van der Waals surface area contributed by atoms with E-state index in [4.69, 9.17) is 0 Å². The van der Waals surface area contributed by atoms with Gasteiger partial charge in [0, 0.05) is 6.54 Å². The van der Waals surface area contributed by atoms with Crippen LogP contribution in [0.5, 0.6) is 0 Å². The molecule has 1 aromatic heterocycles. The molecule has 0 unspecified atom stereocenters. The number of hydrogen-bond donors (Lipinski definition) is 0. The second kappa shape index (κ2) is 9.09. The summed E-state index contributed by atoms with van der Waals surface area (Å²) in [6.07, 6.45) is 12.6. The maximum absolute atomic E-state index is 12.1. The molecule has 0 aliphatic carbocycles. The Kier molecular flexibility index (Phi) is 7.10. The van der Waals surface area contributed by atoms with Crippen LogP contribution in [0.4, 0.5) is 0 Å². The maximum atomic E-state index is 12.1. The van der Waals surface area contributed by atoms with Gasteiger partial charge in [0.25, 0.3) is 11.8 Å². The molecule has 122 valence electrons. The topological polar surface area (TPSA) is 37.4 Å². The van der Waals surface area contributed by atoms with Gasteiger partial charge >= 0.3 is 0 Å². The minimum Gasteiger partial charge on any atom is -0.274 e. The molecule has 0 radical (unpaired) electrons. The van der Waals surface area contributed by atoms with Crippen molar-refractivity contribution in [2.24, 2.45) is 0 Å². The molecule has 1 aliphatic rings. The summed E-state index contributed by atoms with van der Waals surface area (Å²) in [6, 6.07) is 1.76. The van der Waals surface area contributed by atoms with Gasteiger partial charge in [-0.1, -0.05) is 64.7 Å². The smallest absolute Gasteiger partial charge is 0.271 e. The molecular formula is C18H27NO2S. The number of rotatable bonds is 11. The van der Waals surface area contributed by atoms with Gasteiger partial charge in [-0.25, -0.2) is 0 Å². The highest BCUT2D eigenvalue weighted by atomic mass is 32.1. The third kappa shape index (κ3) is 4.42. The van der Waals surface area contributed by atoms with Crippen molar-refractivity contribution in [3.8, 4) is 0 Å². The second-order valence-corrected chi connectivity index (χ2v) is 7.02. The lowest BCUT2D eigenvalue weighted by Crippen LogP contribution is -2.30. The molecule has 0 aromatic carbocycles. The highest BCUT2D eigenvalue weighted by molar-refractivity contribution is 7.12. The van der Waals surface area contributed by atoms with Crippen molar-refractivity contribution in [2.75, 3.05) is 6.54 Å². The van der Waals surface area contributed by atoms with E-state index in [-0.39, 0.29) is 11.8 Å². The first-order valence-corrected chi connectivity index (χ1v) is 9.57. The van der Waals surface area contributed by atoms with Gasteiger partial charge in [-0.3, -0.25) is 14.5 Å². The number of carbonyl (C=O) groups excluding carboxylic acids is 2. The molecule has 22 heavy (non-hydrogen) atoms. The van der Waals surface area contributed by atoms with E-state index in [1.807, 2.05) is 5.38 Å². The average molecular weight is 321 g/mol. The van der Waals surface area contributed by atoms with E-state index in [2.05, 4.69) is 6.92 Å². The molecule has 1 aliphatic heterocycles. The second-order valence-electron chi connectivity index (χ2n) is 6.11. The van der Waals surface area contributed by atoms with E-state index >= 15 is 0 Å². The summed E-state index contributed by atoms with van der Waals surface area (Å²) < 4.78 is 0. The van der Waals surface area contributed by atoms with Crippen molar-refractivity contribution in [3.63, 3.8) is 0 Å². The third-order valence-corrected chi connectivity index (χ3v) is 5.22. The lowest BCUT2D eigenvalue weighted by atomic mass is 10.1. The number of amides is 2. The fraction of sp³-hybridized carbons (Fsp3) is 0.667. The fourth-order valence-corrected chi connectivity index (χ4v) is 3.80. The van der Waals surface area contributed by atoms with E-state index in [9.17, 15) is 9.59 Å². The van der Waals surface area contributed by atoms with Crippen LogP contribution in [0.15, 0.2) is 11.4 Å². The molecule has 2 heterocycles. The van der Waals surface area contributed by atoms with Crippen molar-refractivity contribution in [1.82, 2.24) is 4.90 Å². The number of fused-ring (bicyclic) bond motifs is 1. The molecule has 1 aromatic rings. The number of thiophene rings is 1. The van der Waals surface area contributed by atoms with Crippen molar-refractivity contribution in [3.05, 3.63) is 21.9 Å². The third-order valence-electron chi connectivity index (χ3n) is 4.32. The first-order chi connectivity index (χ1) is 10.8. The van der Waals surface area contributed by atoms with Gasteiger partial charge in [-0.2, -0.15) is 0 Å². The predicted octanol–water partition coefficient (Wildman–Crippen LogP) is 5.27. The van der Waals surface area contributed by atoms with E-state index in [1.54, 1.807) is 6.07 Å². The Morgan fingerprint density at radius 3 is 2.05 bits per heavy atom. The Labute approximate surface area is 137 Å². The first-order valence-electron chi connectivity index (χ1n) is 8.69. The molecule has 2 amide bonds. The van der Waals surface area contributed by atoms with Crippen LogP contribution in [0.3, 0.4) is 0 Å². The highest BCUT2D eigenvalue weighted by Gasteiger charge is 2.35. The Balaban J connectivity index is 1.52. The number of imide groups is 1. The molecule has 0 saturated heterocycles. The van der Waals surface area contributed by atoms with E-state index in [0.717, 1.165) is 12.8 Å². The normalized spacial score (nSPS) is 14.0. The van der Waals surface area contributed by atoms with Crippen molar-refractivity contribution in [1.29, 1.82) is 0 Å². The number of nitrogens with zero attached hydrogens (tertiary/aromatic N) is 1. The van der Waals surface area contributed by atoms with E-state index in [1.165, 1.54) is 67.6 Å². The van der Waals surface area contributed by atoms with Crippen molar-refractivity contribution in [2.45, 2.75) is 71.1 Å². The Morgan fingerprint density at radius 1 is 0.864 bits per heavy atom. The highest BCUT2D eigenvalue weighted by Crippen LogP contribution is 2.27. The summed E-state index contributed by atoms with van der Waals surface area (Å²) in [5, 5.41) is 1.82. The predicted molar refractivity (Wildman–Crippen MR) is 91.5 cm³/mol. The first kappa shape index (κ1) is 17.2. The van der Waals surface area contributed by atoms with Crippen LogP contribution in [-0.4, -0.2) is 23.3 Å². The van der Waals surface area contributed by atoms with Crippen LogP contribution in [0.25, 0.3) is 0 Å². The zero-order valence-corrected chi connectivity index (χ0v) is 14.4. The van der Waals surface area contributed by atoms with E-state index in [0.29, 0.717) is 17.0 Å².